The maximum Gasteiger partial charge on any atom is 0.285 e. The van der Waals surface area contributed by atoms with Gasteiger partial charge in [-0.1, -0.05) is 6.92 Å². The number of hydrogen-bond donors (Lipinski definition) is 1. The van der Waals surface area contributed by atoms with Crippen LogP contribution in [-0.2, 0) is 0 Å². The zero-order chi connectivity index (χ0) is 15.0. The fraction of sp³-hybridized carbons (Fsp3) is 0.462. The van der Waals surface area contributed by atoms with E-state index in [0.717, 1.165) is 12.5 Å². The third kappa shape index (κ3) is 2.43. The van der Waals surface area contributed by atoms with Crippen molar-refractivity contribution in [2.45, 2.75) is 26.3 Å². The lowest BCUT2D eigenvalue weighted by atomic mass is 10.1. The summed E-state index contributed by atoms with van der Waals surface area (Å²) in [4.78, 5) is 24.2. The molecule has 1 fully saturated rings. The highest BCUT2D eigenvalue weighted by molar-refractivity contribution is 5.99. The molecule has 0 aromatic heterocycles. The highest BCUT2D eigenvalue weighted by Crippen LogP contribution is 2.29. The van der Waals surface area contributed by atoms with E-state index < -0.39 is 22.3 Å². The van der Waals surface area contributed by atoms with Crippen molar-refractivity contribution < 1.29 is 14.1 Å². The number of halogens is 1. The van der Waals surface area contributed by atoms with Gasteiger partial charge in [0.2, 0.25) is 0 Å². The first kappa shape index (κ1) is 14.2. The molecule has 6 nitrogen and oxygen atoms in total. The fourth-order valence-electron chi connectivity index (χ4n) is 2.64. The summed E-state index contributed by atoms with van der Waals surface area (Å²) in [5, 5.41) is 11.0. The molecular weight excluding hydrogens is 265 g/mol. The molecule has 2 atom stereocenters. The summed E-state index contributed by atoms with van der Waals surface area (Å²) in [5.74, 6) is -1.03. The van der Waals surface area contributed by atoms with Gasteiger partial charge in [-0.3, -0.25) is 14.9 Å². The molecule has 7 heteroatoms. The summed E-state index contributed by atoms with van der Waals surface area (Å²) in [5.41, 5.74) is 4.45. The molecule has 20 heavy (non-hydrogen) atoms. The molecule has 2 rings (SSSR count). The summed E-state index contributed by atoms with van der Waals surface area (Å²) in [6.45, 7) is 4.44. The van der Waals surface area contributed by atoms with E-state index in [1.165, 1.54) is 0 Å². The number of carbonyl (C=O) groups excluding carboxylic acids is 1. The van der Waals surface area contributed by atoms with Gasteiger partial charge >= 0.3 is 0 Å². The highest BCUT2D eigenvalue weighted by atomic mass is 19.1. The van der Waals surface area contributed by atoms with E-state index in [2.05, 4.69) is 0 Å². The van der Waals surface area contributed by atoms with Crippen LogP contribution in [0.3, 0.4) is 0 Å². The van der Waals surface area contributed by atoms with Crippen LogP contribution in [0.2, 0.25) is 0 Å². The summed E-state index contributed by atoms with van der Waals surface area (Å²) < 4.78 is 13.3. The Kier molecular flexibility index (Phi) is 3.61. The van der Waals surface area contributed by atoms with E-state index in [-0.39, 0.29) is 17.3 Å². The number of nitrogens with zero attached hydrogens (tertiary/aromatic N) is 2. The Labute approximate surface area is 115 Å². The lowest BCUT2D eigenvalue weighted by molar-refractivity contribution is -0.385. The SMILES string of the molecule is CC1CC(C)N(C(=O)c2cc(N)c(F)cc2[N+](=O)[O-])C1. The number of amides is 1. The van der Waals surface area contributed by atoms with Crippen molar-refractivity contribution in [2.75, 3.05) is 12.3 Å². The Hall–Kier alpha value is -2.18. The van der Waals surface area contributed by atoms with E-state index in [9.17, 15) is 19.3 Å². The Morgan fingerprint density at radius 1 is 1.50 bits per heavy atom. The second-order valence-electron chi connectivity index (χ2n) is 5.30. The Bertz CT molecular complexity index is 576. The molecule has 2 unspecified atom stereocenters. The second kappa shape index (κ2) is 5.07. The van der Waals surface area contributed by atoms with Crippen molar-refractivity contribution in [3.8, 4) is 0 Å². The van der Waals surface area contributed by atoms with Crippen LogP contribution in [0.15, 0.2) is 12.1 Å². The van der Waals surface area contributed by atoms with Crippen LogP contribution in [0.4, 0.5) is 15.8 Å². The molecule has 0 radical (unpaired) electrons. The Morgan fingerprint density at radius 3 is 2.65 bits per heavy atom. The van der Waals surface area contributed by atoms with Crippen LogP contribution in [-0.4, -0.2) is 28.3 Å². The lowest BCUT2D eigenvalue weighted by Gasteiger charge is -2.21. The summed E-state index contributed by atoms with van der Waals surface area (Å²) in [6.07, 6.45) is 0.843. The smallest absolute Gasteiger partial charge is 0.285 e. The number of carbonyl (C=O) groups is 1. The third-order valence-corrected chi connectivity index (χ3v) is 3.59. The fourth-order valence-corrected chi connectivity index (χ4v) is 2.64. The molecule has 1 aliphatic heterocycles. The van der Waals surface area contributed by atoms with Gasteiger partial charge in [-0.2, -0.15) is 0 Å². The zero-order valence-corrected chi connectivity index (χ0v) is 11.3. The molecule has 0 bridgehead atoms. The predicted octanol–water partition coefficient (Wildman–Crippen LogP) is 2.19. The number of nitrogens with two attached hydrogens (primary N) is 1. The monoisotopic (exact) mass is 281 g/mol. The van der Waals surface area contributed by atoms with E-state index in [1.807, 2.05) is 13.8 Å². The van der Waals surface area contributed by atoms with Crippen molar-refractivity contribution in [3.05, 3.63) is 33.6 Å². The van der Waals surface area contributed by atoms with E-state index in [0.29, 0.717) is 18.5 Å². The van der Waals surface area contributed by atoms with Gasteiger partial charge in [0.25, 0.3) is 11.6 Å². The molecule has 1 saturated heterocycles. The van der Waals surface area contributed by atoms with Gasteiger partial charge in [-0.05, 0) is 25.3 Å². The number of nitrogen functional groups attached to an aromatic ring is 1. The number of nitro benzene ring substituents is 1. The van der Waals surface area contributed by atoms with Gasteiger partial charge in [-0.15, -0.1) is 0 Å². The molecule has 2 N–H and O–H groups in total. The molecule has 1 aromatic rings. The van der Waals surface area contributed by atoms with E-state index >= 15 is 0 Å². The van der Waals surface area contributed by atoms with Crippen LogP contribution in [0.5, 0.6) is 0 Å². The number of nitro groups is 1. The third-order valence-electron chi connectivity index (χ3n) is 3.59. The molecular formula is C13H16FN3O3. The topological polar surface area (TPSA) is 89.5 Å². The molecule has 0 saturated carbocycles. The first-order chi connectivity index (χ1) is 9.31. The number of anilines is 1. The van der Waals surface area contributed by atoms with Crippen molar-refractivity contribution in [2.24, 2.45) is 5.92 Å². The average molecular weight is 281 g/mol. The van der Waals surface area contributed by atoms with Crippen LogP contribution < -0.4 is 5.73 Å². The average Bonchev–Trinajstić information content (AvgIpc) is 2.70. The first-order valence-corrected chi connectivity index (χ1v) is 6.35. The van der Waals surface area contributed by atoms with Crippen LogP contribution in [0.1, 0.15) is 30.6 Å². The predicted molar refractivity (Wildman–Crippen MR) is 71.7 cm³/mol. The van der Waals surface area contributed by atoms with Crippen LogP contribution >= 0.6 is 0 Å². The first-order valence-electron chi connectivity index (χ1n) is 6.35. The maximum absolute atomic E-state index is 13.3. The second-order valence-corrected chi connectivity index (χ2v) is 5.30. The highest BCUT2D eigenvalue weighted by Gasteiger charge is 2.34. The minimum Gasteiger partial charge on any atom is -0.396 e. The molecule has 1 heterocycles. The summed E-state index contributed by atoms with van der Waals surface area (Å²) in [7, 11) is 0. The lowest BCUT2D eigenvalue weighted by Crippen LogP contribution is -2.34. The molecule has 0 spiro atoms. The number of hydrogen-bond acceptors (Lipinski definition) is 4. The van der Waals surface area contributed by atoms with Gasteiger partial charge < -0.3 is 10.6 Å². The van der Waals surface area contributed by atoms with Gasteiger partial charge in [0.15, 0.2) is 5.82 Å². The van der Waals surface area contributed by atoms with Crippen molar-refractivity contribution in [3.63, 3.8) is 0 Å². The molecule has 0 aliphatic carbocycles. The van der Waals surface area contributed by atoms with Gasteiger partial charge in [0, 0.05) is 12.6 Å². The number of rotatable bonds is 2. The minimum atomic E-state index is -0.893. The molecule has 1 amide bonds. The molecule has 108 valence electrons. The number of likely N-dealkylation sites (tertiary alicyclic amines) is 1. The Balaban J connectivity index is 2.44. The standard InChI is InChI=1S/C13H16FN3O3/c1-7-3-8(2)16(6-7)13(18)9-4-11(15)10(14)5-12(9)17(19)20/h4-5,7-8H,3,6,15H2,1-2H3. The molecule has 1 aliphatic rings. The number of benzene rings is 1. The minimum absolute atomic E-state index is 0.00313. The zero-order valence-electron chi connectivity index (χ0n) is 11.3. The van der Waals surface area contributed by atoms with E-state index in [4.69, 9.17) is 5.73 Å². The van der Waals surface area contributed by atoms with Crippen LogP contribution in [0.25, 0.3) is 0 Å². The summed E-state index contributed by atoms with van der Waals surface area (Å²) in [6, 6.07) is 1.75. The van der Waals surface area contributed by atoms with Crippen molar-refractivity contribution in [1.29, 1.82) is 0 Å². The van der Waals surface area contributed by atoms with Gasteiger partial charge in [0.1, 0.15) is 5.56 Å². The largest absolute Gasteiger partial charge is 0.396 e. The quantitative estimate of drug-likeness (QED) is 0.511. The normalized spacial score (nSPS) is 22.1. The van der Waals surface area contributed by atoms with Gasteiger partial charge in [0.05, 0.1) is 16.7 Å². The van der Waals surface area contributed by atoms with Crippen molar-refractivity contribution >= 4 is 17.3 Å². The Morgan fingerprint density at radius 2 is 2.15 bits per heavy atom. The summed E-state index contributed by atoms with van der Waals surface area (Å²) >= 11 is 0. The maximum atomic E-state index is 13.3. The van der Waals surface area contributed by atoms with E-state index in [1.54, 1.807) is 4.90 Å². The van der Waals surface area contributed by atoms with Gasteiger partial charge in [-0.25, -0.2) is 4.39 Å². The van der Waals surface area contributed by atoms with Crippen LogP contribution in [0, 0.1) is 21.8 Å². The van der Waals surface area contributed by atoms with Crippen molar-refractivity contribution in [1.82, 2.24) is 4.90 Å². The molecule has 1 aromatic carbocycles.